The molecule has 0 atom stereocenters. The van der Waals surface area contributed by atoms with Gasteiger partial charge < -0.3 is 4.52 Å². The van der Waals surface area contributed by atoms with Crippen molar-refractivity contribution < 1.29 is 4.52 Å². The Hall–Kier alpha value is -1.64. The number of pyridine rings is 1. The van der Waals surface area contributed by atoms with Crippen LogP contribution in [0.4, 0.5) is 0 Å². The molecule has 0 radical (unpaired) electrons. The fourth-order valence-electron chi connectivity index (χ4n) is 1.35. The largest absolute Gasteiger partial charge is 0.356 e. The van der Waals surface area contributed by atoms with Gasteiger partial charge in [0.1, 0.15) is 0 Å². The van der Waals surface area contributed by atoms with Crippen molar-refractivity contribution in [1.29, 1.82) is 0 Å². The Morgan fingerprint density at radius 2 is 1.93 bits per heavy atom. The molecule has 0 aliphatic rings. The maximum Gasteiger partial charge on any atom is 0.168 e. The third kappa shape index (κ3) is 2.06. The van der Waals surface area contributed by atoms with Crippen LogP contribution in [-0.4, -0.2) is 10.1 Å². The number of aromatic nitrogens is 2. The van der Waals surface area contributed by atoms with Crippen molar-refractivity contribution in [1.82, 2.24) is 10.1 Å². The van der Waals surface area contributed by atoms with Crippen LogP contribution in [0, 0.1) is 0 Å². The van der Waals surface area contributed by atoms with E-state index in [9.17, 15) is 0 Å². The number of rotatable bonds is 1. The van der Waals surface area contributed by atoms with E-state index in [1.54, 1.807) is 6.20 Å². The molecule has 0 N–H and O–H groups in total. The molecule has 0 saturated heterocycles. The van der Waals surface area contributed by atoms with Gasteiger partial charge >= 0.3 is 0 Å². The van der Waals surface area contributed by atoms with Crippen molar-refractivity contribution >= 4 is 0 Å². The van der Waals surface area contributed by atoms with Crippen LogP contribution < -0.4 is 0 Å². The smallest absolute Gasteiger partial charge is 0.168 e. The fourth-order valence-corrected chi connectivity index (χ4v) is 1.35. The van der Waals surface area contributed by atoms with Gasteiger partial charge in [-0.05, 0) is 12.1 Å². The van der Waals surface area contributed by atoms with Crippen LogP contribution in [0.1, 0.15) is 26.5 Å². The zero-order chi connectivity index (χ0) is 10.9. The highest BCUT2D eigenvalue weighted by molar-refractivity contribution is 5.55. The summed E-state index contributed by atoms with van der Waals surface area (Å²) >= 11 is 0. The Labute approximate surface area is 89.1 Å². The first-order valence-electron chi connectivity index (χ1n) is 4.95. The Morgan fingerprint density at radius 1 is 1.13 bits per heavy atom. The molecule has 2 aromatic heterocycles. The minimum absolute atomic E-state index is 0.0833. The maximum absolute atomic E-state index is 5.06. The molecule has 0 bridgehead atoms. The van der Waals surface area contributed by atoms with E-state index in [-0.39, 0.29) is 5.41 Å². The molecular weight excluding hydrogens is 188 g/mol. The molecule has 2 aromatic rings. The molecule has 2 rings (SSSR count). The lowest BCUT2D eigenvalue weighted by Gasteiger charge is -2.17. The average molecular weight is 202 g/mol. The summed E-state index contributed by atoms with van der Waals surface area (Å²) in [6.07, 6.45) is 3.45. The molecule has 3 heteroatoms. The summed E-state index contributed by atoms with van der Waals surface area (Å²) in [5, 5.41) is 3.67. The predicted molar refractivity (Wildman–Crippen MR) is 58.4 cm³/mol. The van der Waals surface area contributed by atoms with Gasteiger partial charge in [-0.2, -0.15) is 0 Å². The van der Waals surface area contributed by atoms with Crippen molar-refractivity contribution in [3.05, 3.63) is 36.3 Å². The van der Waals surface area contributed by atoms with Crippen LogP contribution in [0.25, 0.3) is 11.3 Å². The summed E-state index contributed by atoms with van der Waals surface area (Å²) in [6, 6.07) is 5.86. The summed E-state index contributed by atoms with van der Waals surface area (Å²) in [4.78, 5) is 4.42. The zero-order valence-corrected chi connectivity index (χ0v) is 9.19. The van der Waals surface area contributed by atoms with Crippen LogP contribution in [0.3, 0.4) is 0 Å². The predicted octanol–water partition coefficient (Wildman–Crippen LogP) is 3.03. The van der Waals surface area contributed by atoms with Crippen molar-refractivity contribution in [2.24, 2.45) is 0 Å². The van der Waals surface area contributed by atoms with E-state index in [4.69, 9.17) is 4.52 Å². The second-order valence-electron chi connectivity index (χ2n) is 4.56. The van der Waals surface area contributed by atoms with E-state index in [1.165, 1.54) is 0 Å². The normalized spacial score (nSPS) is 11.7. The number of hydrogen-bond acceptors (Lipinski definition) is 3. The Bertz CT molecular complexity index is 424. The van der Waals surface area contributed by atoms with Gasteiger partial charge in [-0.1, -0.05) is 25.9 Å². The van der Waals surface area contributed by atoms with Gasteiger partial charge in [0.2, 0.25) is 0 Å². The monoisotopic (exact) mass is 202 g/mol. The third-order valence-corrected chi connectivity index (χ3v) is 2.25. The van der Waals surface area contributed by atoms with Gasteiger partial charge in [0, 0.05) is 28.9 Å². The first-order chi connectivity index (χ1) is 7.07. The molecule has 0 amide bonds. The minimum atomic E-state index is 0.0833. The molecule has 78 valence electrons. The van der Waals surface area contributed by atoms with Crippen LogP contribution >= 0.6 is 0 Å². The standard InChI is InChI=1S/C12H14N2O/c1-12(2,3)11-5-4-9(8-13-11)10-6-7-14-15-10/h4-8H,1-3H3. The van der Waals surface area contributed by atoms with E-state index in [1.807, 2.05) is 24.4 Å². The highest BCUT2D eigenvalue weighted by atomic mass is 16.5. The zero-order valence-electron chi connectivity index (χ0n) is 9.19. The van der Waals surface area contributed by atoms with Crippen molar-refractivity contribution in [2.75, 3.05) is 0 Å². The molecule has 0 saturated carbocycles. The SMILES string of the molecule is CC(C)(C)c1ccc(-c2ccno2)cn1. The van der Waals surface area contributed by atoms with Crippen molar-refractivity contribution in [3.8, 4) is 11.3 Å². The van der Waals surface area contributed by atoms with Gasteiger partial charge in [-0.15, -0.1) is 0 Å². The highest BCUT2D eigenvalue weighted by Crippen LogP contribution is 2.23. The second kappa shape index (κ2) is 3.50. The van der Waals surface area contributed by atoms with Gasteiger partial charge in [0.25, 0.3) is 0 Å². The van der Waals surface area contributed by atoms with E-state index in [2.05, 4.69) is 30.9 Å². The summed E-state index contributed by atoms with van der Waals surface area (Å²) in [6.45, 7) is 6.43. The fraction of sp³-hybridized carbons (Fsp3) is 0.333. The molecule has 15 heavy (non-hydrogen) atoms. The van der Waals surface area contributed by atoms with E-state index >= 15 is 0 Å². The van der Waals surface area contributed by atoms with Crippen LogP contribution in [0.2, 0.25) is 0 Å². The Kier molecular flexibility index (Phi) is 2.31. The Balaban J connectivity index is 2.33. The van der Waals surface area contributed by atoms with E-state index in [0.29, 0.717) is 0 Å². The maximum atomic E-state index is 5.06. The minimum Gasteiger partial charge on any atom is -0.356 e. The van der Waals surface area contributed by atoms with E-state index in [0.717, 1.165) is 17.0 Å². The van der Waals surface area contributed by atoms with Crippen LogP contribution in [0.15, 0.2) is 35.1 Å². The third-order valence-electron chi connectivity index (χ3n) is 2.25. The lowest BCUT2D eigenvalue weighted by molar-refractivity contribution is 0.432. The first kappa shape index (κ1) is 9.90. The topological polar surface area (TPSA) is 38.9 Å². The molecule has 2 heterocycles. The Morgan fingerprint density at radius 3 is 2.40 bits per heavy atom. The average Bonchev–Trinajstić information content (AvgIpc) is 2.69. The van der Waals surface area contributed by atoms with Crippen LogP contribution in [-0.2, 0) is 5.41 Å². The molecule has 3 nitrogen and oxygen atoms in total. The second-order valence-corrected chi connectivity index (χ2v) is 4.56. The molecule has 0 aromatic carbocycles. The summed E-state index contributed by atoms with van der Waals surface area (Å²) in [5.41, 5.74) is 2.12. The van der Waals surface area contributed by atoms with Gasteiger partial charge in [0.05, 0.1) is 6.20 Å². The van der Waals surface area contributed by atoms with E-state index < -0.39 is 0 Å². The highest BCUT2D eigenvalue weighted by Gasteiger charge is 2.15. The van der Waals surface area contributed by atoms with Crippen LogP contribution in [0.5, 0.6) is 0 Å². The molecule has 0 spiro atoms. The lowest BCUT2D eigenvalue weighted by Crippen LogP contribution is -2.12. The van der Waals surface area contributed by atoms with Crippen molar-refractivity contribution in [2.45, 2.75) is 26.2 Å². The quantitative estimate of drug-likeness (QED) is 0.713. The van der Waals surface area contributed by atoms with Crippen molar-refractivity contribution in [3.63, 3.8) is 0 Å². The molecule has 0 aliphatic carbocycles. The molecule has 0 aliphatic heterocycles. The summed E-state index contributed by atoms with van der Waals surface area (Å²) in [7, 11) is 0. The van der Waals surface area contributed by atoms with Gasteiger partial charge in [-0.25, -0.2) is 0 Å². The molecule has 0 unspecified atom stereocenters. The molecule has 0 fully saturated rings. The number of nitrogens with zero attached hydrogens (tertiary/aromatic N) is 2. The summed E-state index contributed by atoms with van der Waals surface area (Å²) < 4.78 is 5.06. The summed E-state index contributed by atoms with van der Waals surface area (Å²) in [5.74, 6) is 0.753. The lowest BCUT2D eigenvalue weighted by atomic mass is 9.91. The van der Waals surface area contributed by atoms with Gasteiger partial charge in [-0.3, -0.25) is 4.98 Å². The first-order valence-corrected chi connectivity index (χ1v) is 4.95. The van der Waals surface area contributed by atoms with Gasteiger partial charge in [0.15, 0.2) is 5.76 Å². The molecular formula is C12H14N2O. The number of hydrogen-bond donors (Lipinski definition) is 0.